The third-order valence-electron chi connectivity index (χ3n) is 6.56. The van der Waals surface area contributed by atoms with E-state index in [0.29, 0.717) is 28.4 Å². The Hall–Kier alpha value is -4.09. The summed E-state index contributed by atoms with van der Waals surface area (Å²) in [6.07, 6.45) is 5.29. The molecule has 12 heteroatoms. The largest absolute Gasteiger partial charge is 0.479 e. The van der Waals surface area contributed by atoms with E-state index >= 15 is 0 Å². The molecule has 0 atom stereocenters. The van der Waals surface area contributed by atoms with E-state index in [9.17, 15) is 24.3 Å². The molecule has 1 aliphatic rings. The molecule has 1 aromatic heterocycles. The Morgan fingerprint density at radius 3 is 2.30 bits per heavy atom. The van der Waals surface area contributed by atoms with E-state index in [4.69, 9.17) is 26.6 Å². The second-order valence-electron chi connectivity index (χ2n) is 9.37. The Labute approximate surface area is 238 Å². The van der Waals surface area contributed by atoms with Gasteiger partial charge < -0.3 is 25.4 Å². The van der Waals surface area contributed by atoms with Crippen LogP contribution in [0.5, 0.6) is 5.75 Å². The fraction of sp³-hybridized carbons (Fsp3) is 0.286. The SMILES string of the molecule is O=C(O)COc1c(C(=O)O)sc(-c2cccc(N(CC3CCCCC3)C(=O)Nc3ccc(C(=O)O)cc3)c2)c1Cl. The number of carbonyl (C=O) groups excluding carboxylic acids is 1. The van der Waals surface area contributed by atoms with Gasteiger partial charge in [0.25, 0.3) is 0 Å². The van der Waals surface area contributed by atoms with Gasteiger partial charge >= 0.3 is 23.9 Å². The van der Waals surface area contributed by atoms with Gasteiger partial charge in [0.15, 0.2) is 17.2 Å². The van der Waals surface area contributed by atoms with Crippen LogP contribution in [0.1, 0.15) is 52.1 Å². The van der Waals surface area contributed by atoms with Crippen molar-refractivity contribution < 1.29 is 39.2 Å². The monoisotopic (exact) mass is 586 g/mol. The van der Waals surface area contributed by atoms with Crippen molar-refractivity contribution in [1.29, 1.82) is 0 Å². The predicted molar refractivity (Wildman–Crippen MR) is 151 cm³/mol. The second-order valence-corrected chi connectivity index (χ2v) is 10.8. The molecule has 40 heavy (non-hydrogen) atoms. The quantitative estimate of drug-likeness (QED) is 0.209. The molecule has 1 saturated carbocycles. The van der Waals surface area contributed by atoms with Crippen LogP contribution in [0.25, 0.3) is 10.4 Å². The average Bonchev–Trinajstić information content (AvgIpc) is 3.27. The lowest BCUT2D eigenvalue weighted by molar-refractivity contribution is -0.139. The number of nitrogens with one attached hydrogen (secondary N) is 1. The Morgan fingerprint density at radius 2 is 1.68 bits per heavy atom. The Bertz CT molecular complexity index is 1420. The van der Waals surface area contributed by atoms with E-state index in [2.05, 4.69) is 5.32 Å². The van der Waals surface area contributed by atoms with Crippen molar-refractivity contribution in [2.45, 2.75) is 32.1 Å². The highest BCUT2D eigenvalue weighted by atomic mass is 35.5. The molecule has 4 N–H and O–H groups in total. The van der Waals surface area contributed by atoms with Crippen LogP contribution in [-0.2, 0) is 4.79 Å². The molecular weight excluding hydrogens is 560 g/mol. The minimum atomic E-state index is -1.30. The maximum atomic E-state index is 13.5. The second kappa shape index (κ2) is 12.8. The number of aliphatic carboxylic acids is 1. The number of rotatable bonds is 10. The first-order valence-corrected chi connectivity index (χ1v) is 13.8. The highest BCUT2D eigenvalue weighted by Gasteiger charge is 2.27. The molecule has 0 saturated heterocycles. The number of carboxylic acid groups (broad SMARTS) is 3. The van der Waals surface area contributed by atoms with E-state index in [-0.39, 0.29) is 27.1 Å². The number of halogens is 1. The number of thiophene rings is 1. The molecule has 10 nitrogen and oxygen atoms in total. The Morgan fingerprint density at radius 1 is 0.975 bits per heavy atom. The molecule has 0 spiro atoms. The summed E-state index contributed by atoms with van der Waals surface area (Å²) in [5.74, 6) is -3.57. The first kappa shape index (κ1) is 28.9. The van der Waals surface area contributed by atoms with Crippen LogP contribution in [0.15, 0.2) is 48.5 Å². The first-order valence-electron chi connectivity index (χ1n) is 12.6. The van der Waals surface area contributed by atoms with Gasteiger partial charge in [-0.1, -0.05) is 43.0 Å². The minimum Gasteiger partial charge on any atom is -0.479 e. The minimum absolute atomic E-state index is 0.0254. The topological polar surface area (TPSA) is 153 Å². The number of benzene rings is 2. The van der Waals surface area contributed by atoms with Gasteiger partial charge in [0.2, 0.25) is 0 Å². The fourth-order valence-corrected chi connectivity index (χ4v) is 6.02. The molecule has 1 heterocycles. The third kappa shape index (κ3) is 6.91. The van der Waals surface area contributed by atoms with E-state index < -0.39 is 30.5 Å². The number of aromatic carboxylic acids is 2. The van der Waals surface area contributed by atoms with E-state index in [1.807, 2.05) is 0 Å². The number of amides is 2. The standard InChI is InChI=1S/C28H27ClN2O8S/c29-22-23(39-15-21(32)33)25(27(36)37)40-24(22)18-7-4-8-20(13-18)31(14-16-5-2-1-3-6-16)28(38)30-19-11-9-17(10-12-19)26(34)35/h4,7-13,16H,1-3,5-6,14-15H2,(H,30,38)(H,32,33)(H,34,35)(H,36,37). The van der Waals surface area contributed by atoms with Crippen molar-refractivity contribution in [3.63, 3.8) is 0 Å². The number of hydrogen-bond donors (Lipinski definition) is 4. The van der Waals surface area contributed by atoms with E-state index in [1.165, 1.54) is 24.3 Å². The number of nitrogens with zero attached hydrogens (tertiary/aromatic N) is 1. The third-order valence-corrected chi connectivity index (χ3v) is 8.24. The molecule has 0 aliphatic heterocycles. The van der Waals surface area contributed by atoms with Crippen LogP contribution in [0.4, 0.5) is 16.2 Å². The van der Waals surface area contributed by atoms with Crippen LogP contribution in [0, 0.1) is 5.92 Å². The van der Waals surface area contributed by atoms with Crippen molar-refractivity contribution in [2.75, 3.05) is 23.4 Å². The number of urea groups is 1. The number of hydrogen-bond acceptors (Lipinski definition) is 6. The molecular formula is C28H27ClN2O8S. The van der Waals surface area contributed by atoms with Crippen LogP contribution in [0.2, 0.25) is 5.02 Å². The molecule has 0 radical (unpaired) electrons. The fourth-order valence-electron chi connectivity index (χ4n) is 4.62. The summed E-state index contributed by atoms with van der Waals surface area (Å²) in [4.78, 5) is 49.3. The van der Waals surface area contributed by atoms with Gasteiger partial charge in [-0.3, -0.25) is 4.90 Å². The highest BCUT2D eigenvalue weighted by molar-refractivity contribution is 7.18. The molecule has 4 rings (SSSR count). The van der Waals surface area contributed by atoms with Crippen molar-refractivity contribution in [2.24, 2.45) is 5.92 Å². The molecule has 2 aromatic carbocycles. The normalized spacial score (nSPS) is 13.4. The Balaban J connectivity index is 1.67. The van der Waals surface area contributed by atoms with Crippen molar-refractivity contribution in [1.82, 2.24) is 0 Å². The summed E-state index contributed by atoms with van der Waals surface area (Å²) in [5, 5.41) is 30.6. The summed E-state index contributed by atoms with van der Waals surface area (Å²) in [7, 11) is 0. The van der Waals surface area contributed by atoms with Gasteiger partial charge in [0, 0.05) is 17.9 Å². The van der Waals surface area contributed by atoms with Gasteiger partial charge in [-0.25, -0.2) is 19.2 Å². The maximum Gasteiger partial charge on any atom is 0.349 e. The zero-order valence-electron chi connectivity index (χ0n) is 21.3. The van der Waals surface area contributed by atoms with Gasteiger partial charge in [-0.05, 0) is 60.7 Å². The van der Waals surface area contributed by atoms with Crippen LogP contribution < -0.4 is 15.0 Å². The van der Waals surface area contributed by atoms with E-state index in [0.717, 1.165) is 43.4 Å². The lowest BCUT2D eigenvalue weighted by Gasteiger charge is -2.30. The summed E-state index contributed by atoms with van der Waals surface area (Å²) in [6, 6.07) is 12.4. The molecule has 1 fully saturated rings. The van der Waals surface area contributed by atoms with Gasteiger partial charge in [0.1, 0.15) is 5.02 Å². The highest BCUT2D eigenvalue weighted by Crippen LogP contribution is 2.46. The van der Waals surface area contributed by atoms with Crippen molar-refractivity contribution in [3.05, 3.63) is 64.0 Å². The van der Waals surface area contributed by atoms with Crippen molar-refractivity contribution >= 4 is 58.3 Å². The predicted octanol–water partition coefficient (Wildman–Crippen LogP) is 6.55. The number of carboxylic acids is 3. The smallest absolute Gasteiger partial charge is 0.349 e. The molecule has 0 bridgehead atoms. The van der Waals surface area contributed by atoms with Gasteiger partial charge in [0.05, 0.1) is 10.4 Å². The molecule has 0 unspecified atom stereocenters. The van der Waals surface area contributed by atoms with Crippen LogP contribution in [0.3, 0.4) is 0 Å². The zero-order valence-corrected chi connectivity index (χ0v) is 22.8. The molecule has 2 amide bonds. The number of carbonyl (C=O) groups is 4. The summed E-state index contributed by atoms with van der Waals surface area (Å²) < 4.78 is 5.19. The number of ether oxygens (including phenoxy) is 1. The maximum absolute atomic E-state index is 13.5. The zero-order chi connectivity index (χ0) is 28.8. The van der Waals surface area contributed by atoms with Crippen LogP contribution in [-0.4, -0.2) is 52.4 Å². The van der Waals surface area contributed by atoms with E-state index in [1.54, 1.807) is 29.2 Å². The average molecular weight is 587 g/mol. The molecule has 1 aliphatic carbocycles. The lowest BCUT2D eigenvalue weighted by Crippen LogP contribution is -2.39. The summed E-state index contributed by atoms with van der Waals surface area (Å²) in [5.41, 5.74) is 1.63. The molecule has 3 aromatic rings. The first-order chi connectivity index (χ1) is 19.1. The number of anilines is 2. The summed E-state index contributed by atoms with van der Waals surface area (Å²) in [6.45, 7) is -0.299. The molecule has 210 valence electrons. The van der Waals surface area contributed by atoms with Crippen molar-refractivity contribution in [3.8, 4) is 16.2 Å². The lowest BCUT2D eigenvalue weighted by atomic mass is 9.89. The van der Waals surface area contributed by atoms with Gasteiger partial charge in [-0.15, -0.1) is 11.3 Å². The van der Waals surface area contributed by atoms with Crippen LogP contribution >= 0.6 is 22.9 Å². The summed E-state index contributed by atoms with van der Waals surface area (Å²) >= 11 is 7.33. The Kier molecular flexibility index (Phi) is 9.28. The van der Waals surface area contributed by atoms with Gasteiger partial charge in [-0.2, -0.15) is 0 Å².